The molecule has 2 aromatic rings. The average Bonchev–Trinajstić information content (AvgIpc) is 2.53. The quantitative estimate of drug-likeness (QED) is 0.891. The molecule has 0 bridgehead atoms. The molecule has 1 atom stereocenters. The van der Waals surface area contributed by atoms with Gasteiger partial charge in [0.15, 0.2) is 0 Å². The third kappa shape index (κ3) is 4.27. The minimum atomic E-state index is -3.78. The molecule has 3 N–H and O–H groups in total. The van der Waals surface area contributed by atoms with E-state index >= 15 is 0 Å². The Bertz CT molecular complexity index is 793. The summed E-state index contributed by atoms with van der Waals surface area (Å²) in [4.78, 5) is 17.6. The van der Waals surface area contributed by atoms with E-state index in [2.05, 4.69) is 10.3 Å². The van der Waals surface area contributed by atoms with Crippen LogP contribution in [0.5, 0.6) is 0 Å². The average molecular weight is 334 g/mol. The van der Waals surface area contributed by atoms with Crippen molar-refractivity contribution in [3.63, 3.8) is 0 Å². The van der Waals surface area contributed by atoms with Crippen molar-refractivity contribution in [2.75, 3.05) is 12.4 Å². The molecule has 2 amide bonds. The summed E-state index contributed by atoms with van der Waals surface area (Å²) in [5, 5.41) is 7.88. The highest BCUT2D eigenvalue weighted by atomic mass is 32.2. The van der Waals surface area contributed by atoms with Gasteiger partial charge in [-0.1, -0.05) is 12.1 Å². The van der Waals surface area contributed by atoms with E-state index in [9.17, 15) is 13.2 Å². The predicted molar refractivity (Wildman–Crippen MR) is 87.2 cm³/mol. The molecule has 7 nitrogen and oxygen atoms in total. The van der Waals surface area contributed by atoms with E-state index in [0.717, 1.165) is 0 Å². The van der Waals surface area contributed by atoms with E-state index < -0.39 is 10.0 Å². The van der Waals surface area contributed by atoms with Crippen LogP contribution in [0, 0.1) is 0 Å². The van der Waals surface area contributed by atoms with Crippen molar-refractivity contribution >= 4 is 21.7 Å². The van der Waals surface area contributed by atoms with Gasteiger partial charge >= 0.3 is 6.03 Å². The zero-order chi connectivity index (χ0) is 17.0. The monoisotopic (exact) mass is 334 g/mol. The fourth-order valence-electron chi connectivity index (χ4n) is 2.00. The number of rotatable bonds is 4. The minimum Gasteiger partial charge on any atom is -0.321 e. The zero-order valence-corrected chi connectivity index (χ0v) is 13.6. The van der Waals surface area contributed by atoms with Gasteiger partial charge in [0.2, 0.25) is 10.0 Å². The molecule has 0 spiro atoms. The Morgan fingerprint density at radius 3 is 2.52 bits per heavy atom. The lowest BCUT2D eigenvalue weighted by atomic mass is 10.1. The molecule has 0 saturated carbocycles. The number of nitrogens with two attached hydrogens (primary N) is 1. The van der Waals surface area contributed by atoms with Crippen LogP contribution in [0.15, 0.2) is 53.7 Å². The minimum absolute atomic E-state index is 0.0183. The van der Waals surface area contributed by atoms with Crippen molar-refractivity contribution in [3.8, 4) is 0 Å². The van der Waals surface area contributed by atoms with E-state index in [1.54, 1.807) is 50.6 Å². The predicted octanol–water partition coefficient (Wildman–Crippen LogP) is 1.95. The largest absolute Gasteiger partial charge is 0.322 e. The summed E-state index contributed by atoms with van der Waals surface area (Å²) in [6.07, 6.45) is 3.16. The summed E-state index contributed by atoms with van der Waals surface area (Å²) in [7, 11) is -2.15. The standard InChI is InChI=1S/C15H18N4O3S/c1-11(12-4-3-5-14(10-12)23(16,21)22)19(2)15(20)18-13-6-8-17-9-7-13/h3-11H,1-2H3,(H2,16,21,22)(H,17,18,20). The van der Waals surface area contributed by atoms with Gasteiger partial charge in [0.1, 0.15) is 0 Å². The summed E-state index contributed by atoms with van der Waals surface area (Å²) in [5.41, 5.74) is 1.30. The SMILES string of the molecule is CC(c1cccc(S(N)(=O)=O)c1)N(C)C(=O)Nc1ccncc1. The Kier molecular flexibility index (Phi) is 4.97. The number of primary sulfonamides is 1. The second-order valence-electron chi connectivity index (χ2n) is 5.07. The Balaban J connectivity index is 2.16. The van der Waals surface area contributed by atoms with E-state index in [0.29, 0.717) is 11.3 Å². The van der Waals surface area contributed by atoms with Crippen LogP contribution < -0.4 is 10.5 Å². The van der Waals surface area contributed by atoms with Crippen molar-refractivity contribution in [2.24, 2.45) is 5.14 Å². The molecule has 122 valence electrons. The molecule has 1 aromatic heterocycles. The molecule has 2 rings (SSSR count). The molecular formula is C15H18N4O3S. The lowest BCUT2D eigenvalue weighted by molar-refractivity contribution is 0.208. The first-order chi connectivity index (χ1) is 10.8. The topological polar surface area (TPSA) is 105 Å². The highest BCUT2D eigenvalue weighted by Gasteiger charge is 2.19. The van der Waals surface area contributed by atoms with Crippen molar-refractivity contribution in [1.29, 1.82) is 0 Å². The summed E-state index contributed by atoms with van der Waals surface area (Å²) < 4.78 is 22.9. The van der Waals surface area contributed by atoms with E-state index in [4.69, 9.17) is 5.14 Å². The highest BCUT2D eigenvalue weighted by Crippen LogP contribution is 2.22. The fraction of sp³-hybridized carbons (Fsp3) is 0.200. The Hall–Kier alpha value is -2.45. The normalized spacial score (nSPS) is 12.5. The van der Waals surface area contributed by atoms with Gasteiger partial charge in [-0.05, 0) is 36.8 Å². The molecule has 1 unspecified atom stereocenters. The molecule has 23 heavy (non-hydrogen) atoms. The maximum Gasteiger partial charge on any atom is 0.322 e. The van der Waals surface area contributed by atoms with E-state index in [-0.39, 0.29) is 17.0 Å². The molecule has 0 saturated heterocycles. The van der Waals surface area contributed by atoms with Crippen molar-refractivity contribution < 1.29 is 13.2 Å². The Morgan fingerprint density at radius 2 is 1.91 bits per heavy atom. The third-order valence-electron chi connectivity index (χ3n) is 3.50. The molecule has 1 aromatic carbocycles. The molecule has 0 aliphatic rings. The van der Waals surface area contributed by atoms with Crippen molar-refractivity contribution in [2.45, 2.75) is 17.9 Å². The van der Waals surface area contributed by atoms with Crippen LogP contribution >= 0.6 is 0 Å². The second kappa shape index (κ2) is 6.76. The number of amides is 2. The molecular weight excluding hydrogens is 316 g/mol. The summed E-state index contributed by atoms with van der Waals surface area (Å²) in [6.45, 7) is 1.80. The van der Waals surface area contributed by atoms with Gasteiger partial charge in [-0.2, -0.15) is 0 Å². The highest BCUT2D eigenvalue weighted by molar-refractivity contribution is 7.89. The number of anilines is 1. The smallest absolute Gasteiger partial charge is 0.321 e. The van der Waals surface area contributed by atoms with E-state index in [1.165, 1.54) is 17.0 Å². The number of carbonyl (C=O) groups is 1. The molecule has 0 aliphatic carbocycles. The van der Waals surface area contributed by atoms with Gasteiger partial charge < -0.3 is 10.2 Å². The summed E-state index contributed by atoms with van der Waals surface area (Å²) in [6, 6.07) is 8.94. The number of urea groups is 1. The molecule has 0 radical (unpaired) electrons. The van der Waals surface area contributed by atoms with E-state index in [1.807, 2.05) is 0 Å². The van der Waals surface area contributed by atoms with Crippen LogP contribution in [0.3, 0.4) is 0 Å². The number of nitrogens with one attached hydrogen (secondary N) is 1. The first-order valence-electron chi connectivity index (χ1n) is 6.85. The number of pyridine rings is 1. The van der Waals surface area contributed by atoms with Gasteiger partial charge in [-0.15, -0.1) is 0 Å². The fourth-order valence-corrected chi connectivity index (χ4v) is 2.57. The van der Waals surface area contributed by atoms with Crippen LogP contribution in [-0.2, 0) is 10.0 Å². The van der Waals surface area contributed by atoms with Crippen molar-refractivity contribution in [1.82, 2.24) is 9.88 Å². The summed E-state index contributed by atoms with van der Waals surface area (Å²) >= 11 is 0. The van der Waals surface area contributed by atoms with Crippen LogP contribution in [-0.4, -0.2) is 31.4 Å². The number of sulfonamides is 1. The maximum absolute atomic E-state index is 12.3. The van der Waals surface area contributed by atoms with Gasteiger partial charge in [0.25, 0.3) is 0 Å². The number of nitrogens with zero attached hydrogens (tertiary/aromatic N) is 2. The van der Waals surface area contributed by atoms with Crippen LogP contribution in [0.4, 0.5) is 10.5 Å². The van der Waals surface area contributed by atoms with Crippen LogP contribution in [0.25, 0.3) is 0 Å². The number of carbonyl (C=O) groups excluding carboxylic acids is 1. The Morgan fingerprint density at radius 1 is 1.26 bits per heavy atom. The number of aromatic nitrogens is 1. The van der Waals surface area contributed by atoms with Gasteiger partial charge in [-0.25, -0.2) is 18.4 Å². The second-order valence-corrected chi connectivity index (χ2v) is 6.63. The maximum atomic E-state index is 12.3. The van der Waals surface area contributed by atoms with Gasteiger partial charge in [0.05, 0.1) is 10.9 Å². The first kappa shape index (κ1) is 16.9. The number of benzene rings is 1. The molecule has 0 aliphatic heterocycles. The first-order valence-corrected chi connectivity index (χ1v) is 8.40. The number of hydrogen-bond acceptors (Lipinski definition) is 4. The third-order valence-corrected chi connectivity index (χ3v) is 4.41. The molecule has 1 heterocycles. The summed E-state index contributed by atoms with van der Waals surface area (Å²) in [5.74, 6) is 0. The lowest BCUT2D eigenvalue weighted by Crippen LogP contribution is -2.33. The van der Waals surface area contributed by atoms with Crippen LogP contribution in [0.1, 0.15) is 18.5 Å². The van der Waals surface area contributed by atoms with Gasteiger partial charge in [0, 0.05) is 25.1 Å². The molecule has 0 fully saturated rings. The Labute approximate surface area is 135 Å². The number of hydrogen-bond donors (Lipinski definition) is 2. The lowest BCUT2D eigenvalue weighted by Gasteiger charge is -2.25. The molecule has 8 heteroatoms. The van der Waals surface area contributed by atoms with Crippen molar-refractivity contribution in [3.05, 3.63) is 54.4 Å². The van der Waals surface area contributed by atoms with Crippen LogP contribution in [0.2, 0.25) is 0 Å². The van der Waals surface area contributed by atoms with Gasteiger partial charge in [-0.3, -0.25) is 4.98 Å². The zero-order valence-electron chi connectivity index (χ0n) is 12.8.